The summed E-state index contributed by atoms with van der Waals surface area (Å²) in [5, 5.41) is 10.6. The molecule has 0 N–H and O–H groups in total. The van der Waals surface area contributed by atoms with Crippen LogP contribution in [0.25, 0.3) is 0 Å². The van der Waals surface area contributed by atoms with Crippen LogP contribution in [0.1, 0.15) is 52.4 Å². The number of rotatable bonds is 11. The molecule has 134 valence electrons. The number of non-ortho nitro benzene ring substituents is 1. The number of nitro groups is 1. The van der Waals surface area contributed by atoms with E-state index in [0.29, 0.717) is 19.3 Å². The molecule has 0 amide bonds. The van der Waals surface area contributed by atoms with Crippen LogP contribution >= 0.6 is 0 Å². The third-order valence-electron chi connectivity index (χ3n) is 3.53. The van der Waals surface area contributed by atoms with Gasteiger partial charge in [-0.2, -0.15) is 8.42 Å². The zero-order valence-electron chi connectivity index (χ0n) is 13.9. The molecule has 0 aromatic heterocycles. The highest BCUT2D eigenvalue weighted by Gasteiger charge is 2.27. The molecule has 24 heavy (non-hydrogen) atoms. The third-order valence-corrected chi connectivity index (χ3v) is 4.87. The monoisotopic (exact) mass is 357 g/mol. The zero-order valence-corrected chi connectivity index (χ0v) is 14.8. The molecule has 8 heteroatoms. The number of Topliss-reactive ketones (excluding diaryl/α,β-unsaturated/α-hetero) is 1. The molecule has 0 aliphatic heterocycles. The summed E-state index contributed by atoms with van der Waals surface area (Å²) >= 11 is 0. The fourth-order valence-electron chi connectivity index (χ4n) is 2.11. The van der Waals surface area contributed by atoms with Crippen molar-refractivity contribution in [3.8, 4) is 0 Å². The molecular weight excluding hydrogens is 334 g/mol. The Labute approximate surface area is 142 Å². The summed E-state index contributed by atoms with van der Waals surface area (Å²) in [7, 11) is -4.15. The molecule has 1 atom stereocenters. The Morgan fingerprint density at radius 1 is 1.17 bits per heavy atom. The van der Waals surface area contributed by atoms with E-state index in [4.69, 9.17) is 4.18 Å². The first kappa shape index (κ1) is 20.2. The third kappa shape index (κ3) is 6.01. The molecule has 0 heterocycles. The first-order chi connectivity index (χ1) is 11.3. The summed E-state index contributed by atoms with van der Waals surface area (Å²) in [6.07, 6.45) is 2.63. The minimum Gasteiger partial charge on any atom is -0.297 e. The maximum absolute atomic E-state index is 12.3. The van der Waals surface area contributed by atoms with Gasteiger partial charge in [0.05, 0.1) is 9.82 Å². The zero-order chi connectivity index (χ0) is 18.2. The van der Waals surface area contributed by atoms with Gasteiger partial charge in [-0.05, 0) is 25.0 Å². The lowest BCUT2D eigenvalue weighted by Crippen LogP contribution is -2.27. The number of nitrogens with zero attached hydrogens (tertiary/aromatic N) is 1. The molecule has 0 aliphatic carbocycles. The molecular formula is C16H23NO6S. The smallest absolute Gasteiger partial charge is 0.297 e. The van der Waals surface area contributed by atoms with Crippen LogP contribution in [0.5, 0.6) is 0 Å². The standard InChI is InChI=1S/C16H23NO6S/c1-3-5-7-15(18)16(8-6-4-2)23-24(21,22)14-11-9-13(10-12-14)17(19)20/h9-12,16H,3-8H2,1-2H3. The molecule has 7 nitrogen and oxygen atoms in total. The van der Waals surface area contributed by atoms with Crippen molar-refractivity contribution in [2.24, 2.45) is 0 Å². The Balaban J connectivity index is 2.92. The topological polar surface area (TPSA) is 104 Å². The Bertz CT molecular complexity index is 654. The molecule has 1 rings (SSSR count). The number of hydrogen-bond donors (Lipinski definition) is 0. The van der Waals surface area contributed by atoms with E-state index in [9.17, 15) is 23.3 Å². The number of carbonyl (C=O) groups excluding carboxylic acids is 1. The second kappa shape index (κ2) is 9.48. The average Bonchev–Trinajstić information content (AvgIpc) is 2.56. The van der Waals surface area contributed by atoms with Gasteiger partial charge in [-0.3, -0.25) is 19.1 Å². The largest absolute Gasteiger partial charge is 0.297 e. The van der Waals surface area contributed by atoms with Crippen LogP contribution in [0, 0.1) is 10.1 Å². The Kier molecular flexibility index (Phi) is 8.00. The van der Waals surface area contributed by atoms with Gasteiger partial charge < -0.3 is 0 Å². The van der Waals surface area contributed by atoms with Gasteiger partial charge in [0.25, 0.3) is 15.8 Å². The van der Waals surface area contributed by atoms with Crippen molar-refractivity contribution >= 4 is 21.6 Å². The van der Waals surface area contributed by atoms with Crippen LogP contribution in [-0.2, 0) is 19.1 Å². The molecule has 1 aromatic rings. The summed E-state index contributed by atoms with van der Waals surface area (Å²) in [5.41, 5.74) is -0.212. The van der Waals surface area contributed by atoms with Crippen LogP contribution in [0.2, 0.25) is 0 Å². The van der Waals surface area contributed by atoms with Crippen molar-refractivity contribution in [1.29, 1.82) is 0 Å². The normalized spacial score (nSPS) is 12.8. The van der Waals surface area contributed by atoms with Gasteiger partial charge in [0.15, 0.2) is 5.78 Å². The maximum atomic E-state index is 12.3. The van der Waals surface area contributed by atoms with Crippen LogP contribution in [0.3, 0.4) is 0 Å². The first-order valence-corrected chi connectivity index (χ1v) is 9.43. The minimum atomic E-state index is -4.15. The van der Waals surface area contributed by atoms with Crippen molar-refractivity contribution in [3.05, 3.63) is 34.4 Å². The fraction of sp³-hybridized carbons (Fsp3) is 0.562. The van der Waals surface area contributed by atoms with Gasteiger partial charge in [-0.1, -0.05) is 33.1 Å². The lowest BCUT2D eigenvalue weighted by atomic mass is 10.0. The molecule has 0 bridgehead atoms. The Hall–Kier alpha value is -1.80. The molecule has 0 fully saturated rings. The Morgan fingerprint density at radius 3 is 2.25 bits per heavy atom. The quantitative estimate of drug-likeness (QED) is 0.340. The minimum absolute atomic E-state index is 0.196. The predicted molar refractivity (Wildman–Crippen MR) is 89.2 cm³/mol. The van der Waals surface area contributed by atoms with Crippen LogP contribution in [0.4, 0.5) is 5.69 Å². The second-order valence-electron chi connectivity index (χ2n) is 5.50. The second-order valence-corrected chi connectivity index (χ2v) is 7.07. The predicted octanol–water partition coefficient (Wildman–Crippen LogP) is 3.62. The number of carbonyl (C=O) groups is 1. The van der Waals surface area contributed by atoms with E-state index in [2.05, 4.69) is 0 Å². The molecule has 0 radical (unpaired) electrons. The average molecular weight is 357 g/mol. The molecule has 0 aliphatic rings. The van der Waals surface area contributed by atoms with Crippen LogP contribution < -0.4 is 0 Å². The van der Waals surface area contributed by atoms with Crippen molar-refractivity contribution in [1.82, 2.24) is 0 Å². The van der Waals surface area contributed by atoms with Gasteiger partial charge in [0.1, 0.15) is 6.10 Å². The van der Waals surface area contributed by atoms with E-state index < -0.39 is 21.1 Å². The number of benzene rings is 1. The maximum Gasteiger partial charge on any atom is 0.297 e. The molecule has 1 unspecified atom stereocenters. The molecule has 0 saturated heterocycles. The summed E-state index contributed by atoms with van der Waals surface area (Å²) in [4.78, 5) is 22.0. The van der Waals surface area contributed by atoms with Gasteiger partial charge >= 0.3 is 0 Å². The fourth-order valence-corrected chi connectivity index (χ4v) is 3.20. The van der Waals surface area contributed by atoms with Crippen molar-refractivity contribution < 1.29 is 22.3 Å². The lowest BCUT2D eigenvalue weighted by Gasteiger charge is -2.16. The van der Waals surface area contributed by atoms with Crippen LogP contribution in [0.15, 0.2) is 29.2 Å². The summed E-state index contributed by atoms with van der Waals surface area (Å²) in [6, 6.07) is 4.41. The van der Waals surface area contributed by atoms with E-state index in [1.165, 1.54) is 0 Å². The van der Waals surface area contributed by atoms with Gasteiger partial charge in [0.2, 0.25) is 0 Å². The highest BCUT2D eigenvalue weighted by atomic mass is 32.2. The summed E-state index contributed by atoms with van der Waals surface area (Å²) in [6.45, 7) is 3.89. The van der Waals surface area contributed by atoms with E-state index in [1.807, 2.05) is 13.8 Å². The van der Waals surface area contributed by atoms with Crippen molar-refractivity contribution in [3.63, 3.8) is 0 Å². The number of unbranched alkanes of at least 4 members (excludes halogenated alkanes) is 2. The highest BCUT2D eigenvalue weighted by molar-refractivity contribution is 7.86. The van der Waals surface area contributed by atoms with Gasteiger partial charge in [-0.15, -0.1) is 0 Å². The SMILES string of the molecule is CCCCC(=O)C(CCCC)OS(=O)(=O)c1ccc([N+](=O)[O-])cc1. The van der Waals surface area contributed by atoms with Gasteiger partial charge in [-0.25, -0.2) is 0 Å². The van der Waals surface area contributed by atoms with E-state index >= 15 is 0 Å². The van der Waals surface area contributed by atoms with E-state index in [0.717, 1.165) is 37.1 Å². The molecule has 1 aromatic carbocycles. The van der Waals surface area contributed by atoms with Crippen molar-refractivity contribution in [2.45, 2.75) is 63.4 Å². The molecule has 0 spiro atoms. The van der Waals surface area contributed by atoms with Crippen molar-refractivity contribution in [2.75, 3.05) is 0 Å². The summed E-state index contributed by atoms with van der Waals surface area (Å²) in [5.74, 6) is -0.226. The van der Waals surface area contributed by atoms with Crippen LogP contribution in [-0.4, -0.2) is 25.2 Å². The Morgan fingerprint density at radius 2 is 1.75 bits per heavy atom. The number of nitro benzene ring substituents is 1. The first-order valence-electron chi connectivity index (χ1n) is 8.02. The highest BCUT2D eigenvalue weighted by Crippen LogP contribution is 2.21. The summed E-state index contributed by atoms with van der Waals surface area (Å²) < 4.78 is 29.8. The number of ketones is 1. The number of hydrogen-bond acceptors (Lipinski definition) is 6. The van der Waals surface area contributed by atoms with Gasteiger partial charge in [0, 0.05) is 18.6 Å². The lowest BCUT2D eigenvalue weighted by molar-refractivity contribution is -0.384. The van der Waals surface area contributed by atoms with E-state index in [-0.39, 0.29) is 22.8 Å². The van der Waals surface area contributed by atoms with E-state index in [1.54, 1.807) is 0 Å². The molecule has 0 saturated carbocycles.